The molecule has 2 unspecified atom stereocenters. The molecule has 2 N–H and O–H groups in total. The molecule has 1 saturated heterocycles. The first-order chi connectivity index (χ1) is 8.66. The summed E-state index contributed by atoms with van der Waals surface area (Å²) >= 11 is 0. The fourth-order valence-corrected chi connectivity index (χ4v) is 2.88. The monoisotopic (exact) mass is 249 g/mol. The van der Waals surface area contributed by atoms with Crippen molar-refractivity contribution in [1.82, 2.24) is 4.90 Å². The number of benzene rings is 1. The predicted octanol–water partition coefficient (Wildman–Crippen LogP) is 1.37. The molecule has 1 fully saturated rings. The van der Waals surface area contributed by atoms with E-state index >= 15 is 0 Å². The summed E-state index contributed by atoms with van der Waals surface area (Å²) in [6, 6.07) is 4.59. The molecule has 1 aromatic carbocycles. The van der Waals surface area contributed by atoms with Gasteiger partial charge in [0.05, 0.1) is 6.04 Å². The summed E-state index contributed by atoms with van der Waals surface area (Å²) in [6.45, 7) is 1.24. The Bertz CT molecular complexity index is 488. The number of phenolic OH excluding ortho intramolecular Hbond substituents is 1. The van der Waals surface area contributed by atoms with E-state index in [4.69, 9.17) is 4.74 Å². The van der Waals surface area contributed by atoms with Gasteiger partial charge < -0.3 is 14.9 Å². The lowest BCUT2D eigenvalue weighted by molar-refractivity contribution is -0.143. The van der Waals surface area contributed by atoms with Gasteiger partial charge in [0.15, 0.2) is 0 Å². The minimum atomic E-state index is -0.764. The number of carboxylic acids is 1. The molecular weight excluding hydrogens is 234 g/mol. The van der Waals surface area contributed by atoms with Gasteiger partial charge in [-0.2, -0.15) is 0 Å². The molecule has 5 nitrogen and oxygen atoms in total. The third-order valence-electron chi connectivity index (χ3n) is 3.73. The maximum Gasteiger partial charge on any atom is 0.320 e. The van der Waals surface area contributed by atoms with E-state index < -0.39 is 12.0 Å². The third-order valence-corrected chi connectivity index (χ3v) is 3.73. The zero-order valence-electron chi connectivity index (χ0n) is 9.87. The first kappa shape index (κ1) is 11.3. The van der Waals surface area contributed by atoms with Gasteiger partial charge in [-0.15, -0.1) is 0 Å². The molecule has 0 spiro atoms. The van der Waals surface area contributed by atoms with Crippen molar-refractivity contribution in [3.63, 3.8) is 0 Å². The zero-order valence-corrected chi connectivity index (χ0v) is 9.87. The molecule has 2 aliphatic rings. The summed E-state index contributed by atoms with van der Waals surface area (Å²) in [7, 11) is 0. The molecule has 2 atom stereocenters. The van der Waals surface area contributed by atoms with Gasteiger partial charge in [0, 0.05) is 11.6 Å². The van der Waals surface area contributed by atoms with Gasteiger partial charge in [-0.1, -0.05) is 0 Å². The summed E-state index contributed by atoms with van der Waals surface area (Å²) in [6.07, 6.45) is 1.60. The van der Waals surface area contributed by atoms with E-state index in [2.05, 4.69) is 0 Å². The molecule has 0 amide bonds. The molecule has 0 bridgehead atoms. The highest BCUT2D eigenvalue weighted by atomic mass is 16.5. The van der Waals surface area contributed by atoms with Crippen molar-refractivity contribution in [3.8, 4) is 11.5 Å². The summed E-state index contributed by atoms with van der Waals surface area (Å²) in [5.41, 5.74) is 0.973. The van der Waals surface area contributed by atoms with Crippen LogP contribution in [0.15, 0.2) is 18.2 Å². The Labute approximate surface area is 105 Å². The van der Waals surface area contributed by atoms with Gasteiger partial charge in [0.2, 0.25) is 0 Å². The predicted molar refractivity (Wildman–Crippen MR) is 63.7 cm³/mol. The summed E-state index contributed by atoms with van der Waals surface area (Å²) in [4.78, 5) is 13.2. The number of nitrogens with zero attached hydrogens (tertiary/aromatic N) is 1. The van der Waals surface area contributed by atoms with Crippen molar-refractivity contribution in [2.24, 2.45) is 0 Å². The van der Waals surface area contributed by atoms with Crippen LogP contribution in [0.4, 0.5) is 0 Å². The number of hydrogen-bond donors (Lipinski definition) is 2. The highest BCUT2D eigenvalue weighted by Crippen LogP contribution is 2.40. The van der Waals surface area contributed by atoms with Gasteiger partial charge in [0.25, 0.3) is 0 Å². The summed E-state index contributed by atoms with van der Waals surface area (Å²) in [5.74, 6) is 0.0707. The van der Waals surface area contributed by atoms with Crippen molar-refractivity contribution >= 4 is 5.97 Å². The zero-order chi connectivity index (χ0) is 12.7. The lowest BCUT2D eigenvalue weighted by atomic mass is 10.1. The first-order valence-electron chi connectivity index (χ1n) is 6.11. The largest absolute Gasteiger partial charge is 0.508 e. The SMILES string of the molecule is O=C(O)C1CCCN1C1COc2cc(O)ccc21. The van der Waals surface area contributed by atoms with E-state index in [0.29, 0.717) is 18.8 Å². The number of carboxylic acid groups (broad SMARTS) is 1. The molecule has 96 valence electrons. The second-order valence-electron chi connectivity index (χ2n) is 4.78. The highest BCUT2D eigenvalue weighted by molar-refractivity contribution is 5.74. The standard InChI is InChI=1S/C13H15NO4/c15-8-3-4-9-11(7-18-12(9)6-8)14-5-1-2-10(14)13(16)17/h3-4,6,10-11,15H,1-2,5,7H2,(H,16,17). The molecule has 18 heavy (non-hydrogen) atoms. The van der Waals surface area contributed by atoms with Crippen molar-refractivity contribution in [2.75, 3.05) is 13.2 Å². The second-order valence-corrected chi connectivity index (χ2v) is 4.78. The van der Waals surface area contributed by atoms with Crippen molar-refractivity contribution < 1.29 is 19.7 Å². The van der Waals surface area contributed by atoms with E-state index in [1.807, 2.05) is 11.0 Å². The van der Waals surface area contributed by atoms with Crippen LogP contribution in [0.2, 0.25) is 0 Å². The van der Waals surface area contributed by atoms with Crippen LogP contribution in [0.1, 0.15) is 24.4 Å². The maximum atomic E-state index is 11.2. The topological polar surface area (TPSA) is 70.0 Å². The fourth-order valence-electron chi connectivity index (χ4n) is 2.88. The lowest BCUT2D eigenvalue weighted by Crippen LogP contribution is -2.39. The molecule has 0 radical (unpaired) electrons. The third kappa shape index (κ3) is 1.71. The molecule has 0 aromatic heterocycles. The number of aromatic hydroxyl groups is 1. The number of phenols is 1. The first-order valence-corrected chi connectivity index (χ1v) is 6.11. The molecule has 1 aromatic rings. The molecule has 3 rings (SSSR count). The summed E-state index contributed by atoms with van der Waals surface area (Å²) < 4.78 is 5.54. The van der Waals surface area contributed by atoms with Gasteiger partial charge in [-0.25, -0.2) is 0 Å². The van der Waals surface area contributed by atoms with Crippen LogP contribution in [0, 0.1) is 0 Å². The van der Waals surface area contributed by atoms with Crippen LogP contribution in [-0.4, -0.2) is 40.3 Å². The van der Waals surface area contributed by atoms with Gasteiger partial charge in [-0.05, 0) is 31.5 Å². The smallest absolute Gasteiger partial charge is 0.320 e. The Morgan fingerprint density at radius 2 is 2.28 bits per heavy atom. The highest BCUT2D eigenvalue weighted by Gasteiger charge is 2.39. The maximum absolute atomic E-state index is 11.2. The lowest BCUT2D eigenvalue weighted by Gasteiger charge is -2.26. The van der Waals surface area contributed by atoms with Crippen LogP contribution in [-0.2, 0) is 4.79 Å². The Morgan fingerprint density at radius 1 is 1.44 bits per heavy atom. The van der Waals surface area contributed by atoms with Crippen LogP contribution < -0.4 is 4.74 Å². The second kappa shape index (κ2) is 4.17. The minimum Gasteiger partial charge on any atom is -0.508 e. The number of fused-ring (bicyclic) bond motifs is 1. The van der Waals surface area contributed by atoms with Crippen LogP contribution in [0.3, 0.4) is 0 Å². The average Bonchev–Trinajstić information content (AvgIpc) is 2.92. The van der Waals surface area contributed by atoms with Crippen LogP contribution in [0.25, 0.3) is 0 Å². The number of carbonyl (C=O) groups is 1. The van der Waals surface area contributed by atoms with Crippen molar-refractivity contribution in [3.05, 3.63) is 23.8 Å². The number of hydrogen-bond acceptors (Lipinski definition) is 4. The van der Waals surface area contributed by atoms with E-state index in [1.165, 1.54) is 0 Å². The number of aliphatic carboxylic acids is 1. The fraction of sp³-hybridized carbons (Fsp3) is 0.462. The van der Waals surface area contributed by atoms with Crippen molar-refractivity contribution in [1.29, 1.82) is 0 Å². The molecule has 5 heteroatoms. The van der Waals surface area contributed by atoms with E-state index in [0.717, 1.165) is 18.5 Å². The Balaban J connectivity index is 1.90. The Kier molecular flexibility index (Phi) is 2.63. The number of rotatable bonds is 2. The normalized spacial score (nSPS) is 26.9. The molecular formula is C13H15NO4. The Hall–Kier alpha value is -1.75. The van der Waals surface area contributed by atoms with Crippen molar-refractivity contribution in [2.45, 2.75) is 24.9 Å². The molecule has 2 heterocycles. The van der Waals surface area contributed by atoms with E-state index in [1.54, 1.807) is 12.1 Å². The number of likely N-dealkylation sites (tertiary alicyclic amines) is 1. The van der Waals surface area contributed by atoms with E-state index in [9.17, 15) is 15.0 Å². The van der Waals surface area contributed by atoms with E-state index in [-0.39, 0.29) is 11.8 Å². The molecule has 2 aliphatic heterocycles. The van der Waals surface area contributed by atoms with Crippen LogP contribution >= 0.6 is 0 Å². The quantitative estimate of drug-likeness (QED) is 0.828. The molecule has 0 aliphatic carbocycles. The summed E-state index contributed by atoms with van der Waals surface area (Å²) in [5, 5.41) is 18.6. The van der Waals surface area contributed by atoms with Gasteiger partial charge in [-0.3, -0.25) is 9.69 Å². The van der Waals surface area contributed by atoms with Crippen LogP contribution in [0.5, 0.6) is 11.5 Å². The minimum absolute atomic E-state index is 0.0100. The average molecular weight is 249 g/mol. The van der Waals surface area contributed by atoms with Gasteiger partial charge >= 0.3 is 5.97 Å². The van der Waals surface area contributed by atoms with Gasteiger partial charge in [0.1, 0.15) is 24.1 Å². The molecule has 0 saturated carbocycles. The Morgan fingerprint density at radius 3 is 3.06 bits per heavy atom. The number of ether oxygens (including phenoxy) is 1.